The van der Waals surface area contributed by atoms with Crippen molar-refractivity contribution in [1.82, 2.24) is 24.8 Å². The molecule has 14 heteroatoms. The number of likely N-dealkylation sites (tertiary alicyclic amines) is 1. The maximum Gasteiger partial charge on any atom is 0.256 e. The Labute approximate surface area is 245 Å². The van der Waals surface area contributed by atoms with Crippen LogP contribution in [0.25, 0.3) is 5.65 Å². The van der Waals surface area contributed by atoms with E-state index in [1.54, 1.807) is 15.5 Å². The zero-order valence-corrected chi connectivity index (χ0v) is 25.0. The van der Waals surface area contributed by atoms with E-state index in [2.05, 4.69) is 19.9 Å². The average molecular weight is 602 g/mol. The number of benzene rings is 1. The standard InChI is InChI=1S/C27H36ClN9O3S/c1-4-30-27(29)31-19-10-12-35(16-19)25-17(2)15-37-24(32-25)14-22(33-37)23-7-5-6-11-36(23)26(38)20-13-18(28)8-9-21(20)34-41(3,39)40/h8-9,13-15,19,23,34H,4-7,10-12,16H2,1-3H3,(H3,29,30,31). The van der Waals surface area contributed by atoms with E-state index in [9.17, 15) is 13.2 Å². The zero-order chi connectivity index (χ0) is 29.3. The molecule has 4 heterocycles. The highest BCUT2D eigenvalue weighted by Crippen LogP contribution is 2.34. The number of hydrogen-bond acceptors (Lipinski definition) is 7. The summed E-state index contributed by atoms with van der Waals surface area (Å²) in [4.78, 5) is 27.0. The Morgan fingerprint density at radius 2 is 2.02 bits per heavy atom. The summed E-state index contributed by atoms with van der Waals surface area (Å²) < 4.78 is 28.1. The number of carbonyl (C=O) groups excluding carboxylic acids is 1. The summed E-state index contributed by atoms with van der Waals surface area (Å²) in [6.07, 6.45) is 6.46. The monoisotopic (exact) mass is 601 g/mol. The highest BCUT2D eigenvalue weighted by atomic mass is 35.5. The summed E-state index contributed by atoms with van der Waals surface area (Å²) in [6, 6.07) is 6.41. The second-order valence-electron chi connectivity index (χ2n) is 10.6. The quantitative estimate of drug-likeness (QED) is 0.276. The first-order valence-electron chi connectivity index (χ1n) is 13.8. The molecule has 41 heavy (non-hydrogen) atoms. The molecule has 5 rings (SSSR count). The number of carbonyl (C=O) groups is 1. The van der Waals surface area contributed by atoms with Gasteiger partial charge in [-0.15, -0.1) is 0 Å². The molecule has 0 bridgehead atoms. The van der Waals surface area contributed by atoms with Gasteiger partial charge in [0.1, 0.15) is 5.82 Å². The molecule has 1 aromatic carbocycles. The van der Waals surface area contributed by atoms with Gasteiger partial charge in [-0.1, -0.05) is 11.6 Å². The van der Waals surface area contributed by atoms with Crippen LogP contribution < -0.4 is 20.7 Å². The van der Waals surface area contributed by atoms with Crippen molar-refractivity contribution < 1.29 is 13.2 Å². The molecule has 12 nitrogen and oxygen atoms in total. The number of rotatable bonds is 7. The Morgan fingerprint density at radius 3 is 2.78 bits per heavy atom. The van der Waals surface area contributed by atoms with Crippen LogP contribution in [0.15, 0.2) is 35.5 Å². The van der Waals surface area contributed by atoms with Gasteiger partial charge in [0.2, 0.25) is 10.0 Å². The topological polar surface area (TPSA) is 150 Å². The normalized spacial score (nSPS) is 20.0. The van der Waals surface area contributed by atoms with E-state index in [1.807, 2.05) is 26.1 Å². The number of hydrogen-bond donors (Lipinski definition) is 3. The molecular formula is C27H36ClN9O3S. The van der Waals surface area contributed by atoms with Gasteiger partial charge in [0, 0.05) is 55.1 Å². The molecule has 1 amide bonds. The Balaban J connectivity index is 1.41. The largest absolute Gasteiger partial charge is 0.370 e. The number of nitrogens with zero attached hydrogens (tertiary/aromatic N) is 6. The zero-order valence-electron chi connectivity index (χ0n) is 23.5. The molecule has 2 unspecified atom stereocenters. The lowest BCUT2D eigenvalue weighted by molar-refractivity contribution is 0.0607. The molecule has 2 aliphatic heterocycles. The van der Waals surface area contributed by atoms with E-state index in [0.29, 0.717) is 29.7 Å². The van der Waals surface area contributed by atoms with Crippen molar-refractivity contribution in [2.24, 2.45) is 10.7 Å². The van der Waals surface area contributed by atoms with Gasteiger partial charge in [-0.05, 0) is 57.7 Å². The average Bonchev–Trinajstić information content (AvgIpc) is 3.54. The van der Waals surface area contributed by atoms with Crippen molar-refractivity contribution in [3.05, 3.63) is 52.3 Å². The van der Waals surface area contributed by atoms with Crippen LogP contribution in [-0.2, 0) is 10.0 Å². The summed E-state index contributed by atoms with van der Waals surface area (Å²) in [5.74, 6) is 1.06. The number of halogens is 1. The minimum atomic E-state index is -3.60. The number of aromatic nitrogens is 3. The molecule has 3 aromatic rings. The summed E-state index contributed by atoms with van der Waals surface area (Å²) in [5.41, 5.74) is 8.81. The van der Waals surface area contributed by atoms with Gasteiger partial charge in [0.25, 0.3) is 5.91 Å². The van der Waals surface area contributed by atoms with Gasteiger partial charge in [0.05, 0.1) is 29.2 Å². The number of piperidine rings is 1. The summed E-state index contributed by atoms with van der Waals surface area (Å²) in [6.45, 7) is 6.73. The first-order chi connectivity index (χ1) is 19.5. The van der Waals surface area contributed by atoms with Gasteiger partial charge in [0.15, 0.2) is 11.6 Å². The fourth-order valence-electron chi connectivity index (χ4n) is 5.62. The smallest absolute Gasteiger partial charge is 0.256 e. The van der Waals surface area contributed by atoms with Crippen LogP contribution >= 0.6 is 11.6 Å². The molecule has 2 fully saturated rings. The predicted molar refractivity (Wildman–Crippen MR) is 161 cm³/mol. The van der Waals surface area contributed by atoms with E-state index < -0.39 is 10.0 Å². The molecule has 220 valence electrons. The molecule has 2 atom stereocenters. The molecule has 0 radical (unpaired) electrons. The molecule has 2 aliphatic rings. The van der Waals surface area contributed by atoms with Crippen molar-refractivity contribution in [1.29, 1.82) is 0 Å². The Kier molecular flexibility index (Phi) is 8.28. The highest BCUT2D eigenvalue weighted by Gasteiger charge is 2.33. The van der Waals surface area contributed by atoms with Crippen molar-refractivity contribution in [3.8, 4) is 0 Å². The Hall–Kier alpha value is -3.58. The Morgan fingerprint density at radius 1 is 1.22 bits per heavy atom. The van der Waals surface area contributed by atoms with Crippen LogP contribution in [0.4, 0.5) is 11.5 Å². The first kappa shape index (κ1) is 28.9. The van der Waals surface area contributed by atoms with Crippen molar-refractivity contribution in [2.45, 2.75) is 51.6 Å². The lowest BCUT2D eigenvalue weighted by Crippen LogP contribution is -2.41. The lowest BCUT2D eigenvalue weighted by Gasteiger charge is -2.35. The number of nitrogens with one attached hydrogen (secondary N) is 2. The van der Waals surface area contributed by atoms with E-state index >= 15 is 0 Å². The van der Waals surface area contributed by atoms with E-state index in [-0.39, 0.29) is 29.2 Å². The minimum Gasteiger partial charge on any atom is -0.370 e. The maximum atomic E-state index is 13.8. The van der Waals surface area contributed by atoms with E-state index in [0.717, 1.165) is 62.1 Å². The van der Waals surface area contributed by atoms with Crippen LogP contribution in [0.2, 0.25) is 5.02 Å². The van der Waals surface area contributed by atoms with Crippen molar-refractivity contribution in [3.63, 3.8) is 0 Å². The molecule has 4 N–H and O–H groups in total. The van der Waals surface area contributed by atoms with Crippen LogP contribution in [0.5, 0.6) is 0 Å². The number of amides is 1. The minimum absolute atomic E-state index is 0.193. The number of anilines is 2. The van der Waals surface area contributed by atoms with E-state index in [1.165, 1.54) is 12.1 Å². The molecule has 0 aliphatic carbocycles. The van der Waals surface area contributed by atoms with Crippen LogP contribution in [0, 0.1) is 6.92 Å². The third-order valence-corrected chi connectivity index (χ3v) is 8.23. The molecule has 2 aromatic heterocycles. The van der Waals surface area contributed by atoms with Crippen molar-refractivity contribution in [2.75, 3.05) is 42.1 Å². The second-order valence-corrected chi connectivity index (χ2v) is 12.8. The van der Waals surface area contributed by atoms with Crippen LogP contribution in [-0.4, -0.2) is 78.3 Å². The summed E-state index contributed by atoms with van der Waals surface area (Å²) >= 11 is 6.22. The van der Waals surface area contributed by atoms with Crippen LogP contribution in [0.1, 0.15) is 60.3 Å². The Bertz CT molecular complexity index is 1590. The van der Waals surface area contributed by atoms with Crippen LogP contribution in [0.3, 0.4) is 0 Å². The first-order valence-corrected chi connectivity index (χ1v) is 16.1. The van der Waals surface area contributed by atoms with Gasteiger partial charge in [-0.2, -0.15) is 5.10 Å². The molecular weight excluding hydrogens is 566 g/mol. The highest BCUT2D eigenvalue weighted by molar-refractivity contribution is 7.92. The number of fused-ring (bicyclic) bond motifs is 1. The molecule has 0 spiro atoms. The summed E-state index contributed by atoms with van der Waals surface area (Å²) in [5, 5.41) is 8.46. The third-order valence-electron chi connectivity index (χ3n) is 7.40. The summed E-state index contributed by atoms with van der Waals surface area (Å²) in [7, 11) is -3.60. The number of guanidine groups is 1. The maximum absolute atomic E-state index is 13.8. The third kappa shape index (κ3) is 6.51. The van der Waals surface area contributed by atoms with Gasteiger partial charge in [-0.25, -0.2) is 17.9 Å². The number of aryl methyl sites for hydroxylation is 1. The SMILES string of the molecule is CCN=C(N)NC1CCN(c2nc3cc(C4CCCCN4C(=O)c4cc(Cl)ccc4NS(C)(=O)=O)nn3cc2C)C1. The van der Waals surface area contributed by atoms with Gasteiger partial charge in [-0.3, -0.25) is 14.5 Å². The number of sulfonamides is 1. The number of nitrogens with two attached hydrogens (primary N) is 1. The second kappa shape index (κ2) is 11.7. The fraction of sp³-hybridized carbons (Fsp3) is 0.481. The van der Waals surface area contributed by atoms with Gasteiger partial charge < -0.3 is 20.9 Å². The van der Waals surface area contributed by atoms with Crippen molar-refractivity contribution >= 4 is 50.6 Å². The number of aliphatic imine (C=N–C) groups is 1. The fourth-order valence-corrected chi connectivity index (χ4v) is 6.37. The predicted octanol–water partition coefficient (Wildman–Crippen LogP) is 2.93. The van der Waals surface area contributed by atoms with E-state index in [4.69, 9.17) is 27.4 Å². The lowest BCUT2D eigenvalue weighted by atomic mass is 9.98. The van der Waals surface area contributed by atoms with Gasteiger partial charge >= 0.3 is 0 Å². The molecule has 0 saturated carbocycles. The molecule has 2 saturated heterocycles.